The first-order valence-electron chi connectivity index (χ1n) is 10.5. The number of carbonyl (C=O) groups is 2. The predicted molar refractivity (Wildman–Crippen MR) is 107 cm³/mol. The normalized spacial score (nSPS) is 25.6. The molecule has 1 aromatic rings. The molecule has 0 unspecified atom stereocenters. The molecule has 0 aromatic heterocycles. The number of amides is 2. The minimum Gasteiger partial charge on any atom is -0.381 e. The Balaban J connectivity index is 1.49. The highest BCUT2D eigenvalue weighted by Gasteiger charge is 2.45. The molecule has 3 heterocycles. The predicted octanol–water partition coefficient (Wildman–Crippen LogP) is 2.00. The van der Waals surface area contributed by atoms with Gasteiger partial charge in [-0.15, -0.1) is 0 Å². The van der Waals surface area contributed by atoms with Crippen molar-refractivity contribution in [2.75, 3.05) is 45.9 Å². The summed E-state index contributed by atoms with van der Waals surface area (Å²) in [6, 6.07) is 6.20. The van der Waals surface area contributed by atoms with Gasteiger partial charge >= 0.3 is 0 Å². The van der Waals surface area contributed by atoms with Gasteiger partial charge in [0.05, 0.1) is 5.56 Å². The quantitative estimate of drug-likeness (QED) is 0.758. The molecule has 3 aliphatic rings. The molecule has 3 saturated heterocycles. The van der Waals surface area contributed by atoms with E-state index in [1.165, 1.54) is 6.07 Å². The molecule has 0 bridgehead atoms. The van der Waals surface area contributed by atoms with E-state index < -0.39 is 5.82 Å². The summed E-state index contributed by atoms with van der Waals surface area (Å²) in [6.45, 7) is 8.73. The molecular weight excluding hydrogens is 373 g/mol. The molecule has 6 nitrogen and oxygen atoms in total. The summed E-state index contributed by atoms with van der Waals surface area (Å²) in [5.41, 5.74) is -0.111. The summed E-state index contributed by atoms with van der Waals surface area (Å²) in [6.07, 6.45) is 1.57. The van der Waals surface area contributed by atoms with Gasteiger partial charge in [-0.05, 0) is 38.8 Å². The average Bonchev–Trinajstić information content (AvgIpc) is 2.72. The highest BCUT2D eigenvalue weighted by Crippen LogP contribution is 2.30. The molecule has 0 radical (unpaired) electrons. The average molecular weight is 403 g/mol. The van der Waals surface area contributed by atoms with Crippen LogP contribution >= 0.6 is 0 Å². The molecule has 3 aliphatic heterocycles. The van der Waals surface area contributed by atoms with E-state index in [0.29, 0.717) is 32.8 Å². The van der Waals surface area contributed by atoms with Gasteiger partial charge in [-0.2, -0.15) is 0 Å². The van der Waals surface area contributed by atoms with Crippen LogP contribution in [0.1, 0.15) is 37.0 Å². The van der Waals surface area contributed by atoms with Crippen LogP contribution in [-0.2, 0) is 9.53 Å². The second-order valence-corrected chi connectivity index (χ2v) is 9.00. The maximum absolute atomic E-state index is 14.2. The topological polar surface area (TPSA) is 53.1 Å². The number of hydrogen-bond donors (Lipinski definition) is 0. The SMILES string of the molecule is CC1(C)CN(C(=O)c2ccccc2F)C[C@@H]2CN(C(=O)C3CCOCC3)CCN21. The third-order valence-corrected chi connectivity index (χ3v) is 6.54. The van der Waals surface area contributed by atoms with Crippen molar-refractivity contribution in [2.45, 2.75) is 38.3 Å². The van der Waals surface area contributed by atoms with Crippen molar-refractivity contribution in [3.63, 3.8) is 0 Å². The van der Waals surface area contributed by atoms with Gasteiger partial charge in [-0.1, -0.05) is 12.1 Å². The molecule has 0 N–H and O–H groups in total. The molecule has 0 spiro atoms. The van der Waals surface area contributed by atoms with Crippen LogP contribution < -0.4 is 0 Å². The molecule has 158 valence electrons. The lowest BCUT2D eigenvalue weighted by Gasteiger charge is -2.55. The summed E-state index contributed by atoms with van der Waals surface area (Å²) < 4.78 is 19.6. The van der Waals surface area contributed by atoms with Gasteiger partial charge in [-0.3, -0.25) is 14.5 Å². The fourth-order valence-electron chi connectivity index (χ4n) is 5.05. The second-order valence-electron chi connectivity index (χ2n) is 9.00. The minimum absolute atomic E-state index is 0.0445. The largest absolute Gasteiger partial charge is 0.381 e. The lowest BCUT2D eigenvalue weighted by atomic mass is 9.91. The molecule has 2 amide bonds. The summed E-state index contributed by atoms with van der Waals surface area (Å²) in [5.74, 6) is -0.507. The number of piperazine rings is 2. The fourth-order valence-corrected chi connectivity index (χ4v) is 5.05. The van der Waals surface area contributed by atoms with Crippen molar-refractivity contribution in [3.8, 4) is 0 Å². The molecule has 7 heteroatoms. The smallest absolute Gasteiger partial charge is 0.256 e. The van der Waals surface area contributed by atoms with E-state index in [1.807, 2.05) is 4.90 Å². The summed E-state index contributed by atoms with van der Waals surface area (Å²) in [5, 5.41) is 0. The number of hydrogen-bond acceptors (Lipinski definition) is 4. The van der Waals surface area contributed by atoms with E-state index in [1.54, 1.807) is 23.1 Å². The number of benzene rings is 1. The third kappa shape index (κ3) is 4.03. The highest BCUT2D eigenvalue weighted by molar-refractivity contribution is 5.94. The van der Waals surface area contributed by atoms with Gasteiger partial charge in [0.15, 0.2) is 0 Å². The lowest BCUT2D eigenvalue weighted by molar-refractivity contribution is -0.145. The van der Waals surface area contributed by atoms with Crippen LogP contribution in [0.3, 0.4) is 0 Å². The van der Waals surface area contributed by atoms with Gasteiger partial charge in [-0.25, -0.2) is 4.39 Å². The van der Waals surface area contributed by atoms with Crippen LogP contribution in [0, 0.1) is 11.7 Å². The fraction of sp³-hybridized carbons (Fsp3) is 0.636. The van der Waals surface area contributed by atoms with Crippen LogP contribution in [0.25, 0.3) is 0 Å². The Bertz CT molecular complexity index is 778. The van der Waals surface area contributed by atoms with Crippen molar-refractivity contribution in [2.24, 2.45) is 5.92 Å². The number of nitrogens with zero attached hydrogens (tertiary/aromatic N) is 3. The standard InChI is InChI=1S/C22H30FN3O3/c1-22(2)15-25(21(28)18-5-3-4-6-19(18)23)14-17-13-24(9-10-26(17)22)20(27)16-7-11-29-12-8-16/h3-6,16-17H,7-15H2,1-2H3/t17-/m0/s1. The van der Waals surface area contributed by atoms with Crippen LogP contribution in [-0.4, -0.2) is 84.0 Å². The van der Waals surface area contributed by atoms with E-state index in [4.69, 9.17) is 4.74 Å². The molecule has 0 saturated carbocycles. The number of rotatable bonds is 2. The monoisotopic (exact) mass is 403 g/mol. The van der Waals surface area contributed by atoms with Crippen LogP contribution in [0.15, 0.2) is 24.3 Å². The van der Waals surface area contributed by atoms with Gasteiger partial charge in [0.1, 0.15) is 5.82 Å². The molecule has 3 fully saturated rings. The first-order chi connectivity index (χ1) is 13.9. The Labute approximate surface area is 171 Å². The maximum Gasteiger partial charge on any atom is 0.256 e. The van der Waals surface area contributed by atoms with E-state index >= 15 is 0 Å². The molecule has 0 aliphatic carbocycles. The Hall–Kier alpha value is -1.99. The summed E-state index contributed by atoms with van der Waals surface area (Å²) in [4.78, 5) is 32.1. The van der Waals surface area contributed by atoms with Crippen molar-refractivity contribution in [3.05, 3.63) is 35.6 Å². The van der Waals surface area contributed by atoms with E-state index in [9.17, 15) is 14.0 Å². The first-order valence-corrected chi connectivity index (χ1v) is 10.5. The van der Waals surface area contributed by atoms with E-state index in [-0.39, 0.29) is 34.9 Å². The first kappa shape index (κ1) is 20.3. The summed E-state index contributed by atoms with van der Waals surface area (Å²) in [7, 11) is 0. The van der Waals surface area contributed by atoms with E-state index in [2.05, 4.69) is 18.7 Å². The molecule has 4 rings (SSSR count). The Kier molecular flexibility index (Phi) is 5.62. The lowest BCUT2D eigenvalue weighted by Crippen LogP contribution is -2.71. The van der Waals surface area contributed by atoms with Gasteiger partial charge < -0.3 is 14.5 Å². The second kappa shape index (κ2) is 8.03. The molecule has 1 atom stereocenters. The van der Waals surface area contributed by atoms with Crippen molar-refractivity contribution in [1.82, 2.24) is 14.7 Å². The van der Waals surface area contributed by atoms with Crippen molar-refractivity contribution < 1.29 is 18.7 Å². The van der Waals surface area contributed by atoms with Crippen molar-refractivity contribution >= 4 is 11.8 Å². The van der Waals surface area contributed by atoms with Gasteiger partial charge in [0.2, 0.25) is 5.91 Å². The van der Waals surface area contributed by atoms with Gasteiger partial charge in [0, 0.05) is 63.4 Å². The highest BCUT2D eigenvalue weighted by atomic mass is 19.1. The third-order valence-electron chi connectivity index (χ3n) is 6.54. The van der Waals surface area contributed by atoms with Crippen LogP contribution in [0.5, 0.6) is 0 Å². The number of ether oxygens (including phenoxy) is 1. The Morgan fingerprint density at radius 1 is 1.07 bits per heavy atom. The van der Waals surface area contributed by atoms with E-state index in [0.717, 1.165) is 25.9 Å². The van der Waals surface area contributed by atoms with Gasteiger partial charge in [0.25, 0.3) is 5.91 Å². The Morgan fingerprint density at radius 2 is 1.76 bits per heavy atom. The molecular formula is C22H30FN3O3. The number of carbonyl (C=O) groups excluding carboxylic acids is 2. The zero-order chi connectivity index (χ0) is 20.6. The minimum atomic E-state index is -0.488. The molecule has 1 aromatic carbocycles. The molecule has 29 heavy (non-hydrogen) atoms. The number of fused-ring (bicyclic) bond motifs is 1. The maximum atomic E-state index is 14.2. The Morgan fingerprint density at radius 3 is 2.48 bits per heavy atom. The summed E-state index contributed by atoms with van der Waals surface area (Å²) >= 11 is 0. The van der Waals surface area contributed by atoms with Crippen LogP contribution in [0.4, 0.5) is 4.39 Å². The number of halogens is 1. The zero-order valence-corrected chi connectivity index (χ0v) is 17.3. The van der Waals surface area contributed by atoms with Crippen LogP contribution in [0.2, 0.25) is 0 Å². The zero-order valence-electron chi connectivity index (χ0n) is 17.3. The van der Waals surface area contributed by atoms with Crippen molar-refractivity contribution in [1.29, 1.82) is 0 Å².